The molecule has 2 atom stereocenters. The van der Waals surface area contributed by atoms with Gasteiger partial charge in [0.15, 0.2) is 0 Å². The van der Waals surface area contributed by atoms with Gasteiger partial charge in [-0.1, -0.05) is 32.0 Å². The Hall–Kier alpha value is -1.35. The molecule has 21 heavy (non-hydrogen) atoms. The maximum Gasteiger partial charge on any atom is 0.338 e. The first-order chi connectivity index (χ1) is 10.1. The second-order valence-electron chi connectivity index (χ2n) is 5.74. The first kappa shape index (κ1) is 17.7. The summed E-state index contributed by atoms with van der Waals surface area (Å²) in [6.07, 6.45) is 2.31. The number of likely N-dealkylation sites (N-methyl/N-ethyl adjacent to an activating group) is 1. The van der Waals surface area contributed by atoms with E-state index >= 15 is 0 Å². The second kappa shape index (κ2) is 8.83. The van der Waals surface area contributed by atoms with Crippen LogP contribution in [0.25, 0.3) is 0 Å². The van der Waals surface area contributed by atoms with Crippen molar-refractivity contribution < 1.29 is 14.0 Å². The molecule has 0 aliphatic rings. The predicted molar refractivity (Wildman–Crippen MR) is 87.3 cm³/mol. The molecule has 0 fully saturated rings. The molecule has 0 aliphatic heterocycles. The van der Waals surface area contributed by atoms with E-state index in [9.17, 15) is 4.79 Å². The molecule has 1 aromatic carbocycles. The number of hydrogen-bond donors (Lipinski definition) is 0. The average molecular weight is 292 g/mol. The summed E-state index contributed by atoms with van der Waals surface area (Å²) in [4.78, 5) is 12.0. The van der Waals surface area contributed by atoms with Crippen molar-refractivity contribution in [3.8, 4) is 0 Å². The summed E-state index contributed by atoms with van der Waals surface area (Å²) in [5, 5.41) is 0. The van der Waals surface area contributed by atoms with E-state index in [2.05, 4.69) is 27.7 Å². The van der Waals surface area contributed by atoms with Gasteiger partial charge in [0.05, 0.1) is 24.7 Å². The van der Waals surface area contributed by atoms with Crippen LogP contribution in [0, 0.1) is 0 Å². The molecular weight excluding hydrogens is 262 g/mol. The Morgan fingerprint density at radius 1 is 1.14 bits per heavy atom. The molecule has 0 bridgehead atoms. The molecule has 0 aromatic heterocycles. The van der Waals surface area contributed by atoms with Crippen LogP contribution in [0.3, 0.4) is 0 Å². The summed E-state index contributed by atoms with van der Waals surface area (Å²) in [6.45, 7) is 12.6. The molecule has 0 saturated carbocycles. The van der Waals surface area contributed by atoms with Crippen LogP contribution in [0.4, 0.5) is 0 Å². The minimum atomic E-state index is -0.217. The first-order valence-electron chi connectivity index (χ1n) is 8.17. The third kappa shape index (κ3) is 4.85. The van der Waals surface area contributed by atoms with Crippen molar-refractivity contribution in [3.05, 3.63) is 35.9 Å². The highest BCUT2D eigenvalue weighted by molar-refractivity contribution is 5.89. The van der Waals surface area contributed by atoms with E-state index in [0.717, 1.165) is 37.0 Å². The van der Waals surface area contributed by atoms with Crippen molar-refractivity contribution in [2.24, 2.45) is 0 Å². The van der Waals surface area contributed by atoms with Gasteiger partial charge in [0.1, 0.15) is 13.2 Å². The van der Waals surface area contributed by atoms with Gasteiger partial charge in [0, 0.05) is 0 Å². The topological polar surface area (TPSA) is 26.3 Å². The van der Waals surface area contributed by atoms with Gasteiger partial charge in [-0.05, 0) is 38.8 Å². The molecule has 2 unspecified atom stereocenters. The van der Waals surface area contributed by atoms with Crippen molar-refractivity contribution in [1.29, 1.82) is 0 Å². The highest BCUT2D eigenvalue weighted by Gasteiger charge is 2.30. The third-order valence-corrected chi connectivity index (χ3v) is 4.60. The largest absolute Gasteiger partial charge is 0.456 e. The Labute approximate surface area is 129 Å². The summed E-state index contributed by atoms with van der Waals surface area (Å²) < 4.78 is 6.51. The number of quaternary nitrogens is 1. The van der Waals surface area contributed by atoms with Crippen molar-refractivity contribution in [2.75, 3.05) is 26.2 Å². The van der Waals surface area contributed by atoms with Crippen LogP contribution in [-0.2, 0) is 4.74 Å². The van der Waals surface area contributed by atoms with Gasteiger partial charge in [-0.25, -0.2) is 4.79 Å². The molecule has 0 heterocycles. The van der Waals surface area contributed by atoms with Gasteiger partial charge >= 0.3 is 5.97 Å². The molecule has 0 aliphatic carbocycles. The smallest absolute Gasteiger partial charge is 0.338 e. The van der Waals surface area contributed by atoms with Crippen LogP contribution in [0.2, 0.25) is 0 Å². The second-order valence-corrected chi connectivity index (χ2v) is 5.74. The van der Waals surface area contributed by atoms with E-state index in [1.165, 1.54) is 0 Å². The standard InChI is InChI=1S/C18H30NO2/c1-5-13-19(7-3,16(4)6-2)14-15-21-18(20)17-11-9-8-10-12-17/h8-12,16H,5-7,13-15H2,1-4H3/q+1. The molecule has 0 spiro atoms. The van der Waals surface area contributed by atoms with E-state index in [1.54, 1.807) is 12.1 Å². The highest BCUT2D eigenvalue weighted by Crippen LogP contribution is 2.17. The van der Waals surface area contributed by atoms with Crippen LogP contribution >= 0.6 is 0 Å². The minimum absolute atomic E-state index is 0.217. The molecule has 118 valence electrons. The molecule has 3 nitrogen and oxygen atoms in total. The lowest BCUT2D eigenvalue weighted by atomic mass is 10.1. The Morgan fingerprint density at radius 3 is 2.33 bits per heavy atom. The number of esters is 1. The predicted octanol–water partition coefficient (Wildman–Crippen LogP) is 3.89. The molecule has 0 saturated heterocycles. The molecule has 0 N–H and O–H groups in total. The van der Waals surface area contributed by atoms with E-state index in [4.69, 9.17) is 4.74 Å². The molecule has 0 amide bonds. The van der Waals surface area contributed by atoms with Crippen molar-refractivity contribution in [3.63, 3.8) is 0 Å². The number of benzene rings is 1. The molecular formula is C18H30NO2+. The Balaban J connectivity index is 2.59. The molecule has 1 aromatic rings. The van der Waals surface area contributed by atoms with Gasteiger partial charge in [0.2, 0.25) is 0 Å². The van der Waals surface area contributed by atoms with E-state index in [0.29, 0.717) is 18.2 Å². The fourth-order valence-electron chi connectivity index (χ4n) is 2.99. The summed E-state index contributed by atoms with van der Waals surface area (Å²) in [7, 11) is 0. The Kier molecular flexibility index (Phi) is 7.44. The third-order valence-electron chi connectivity index (χ3n) is 4.60. The Bertz CT molecular complexity index is 418. The number of carbonyl (C=O) groups excluding carboxylic acids is 1. The van der Waals surface area contributed by atoms with Crippen LogP contribution in [0.1, 0.15) is 50.9 Å². The zero-order valence-electron chi connectivity index (χ0n) is 14.0. The van der Waals surface area contributed by atoms with E-state index in [-0.39, 0.29) is 5.97 Å². The normalized spacial score (nSPS) is 15.2. The zero-order chi connectivity index (χ0) is 15.7. The first-order valence-corrected chi connectivity index (χ1v) is 8.17. The Morgan fingerprint density at radius 2 is 1.81 bits per heavy atom. The number of nitrogens with zero attached hydrogens (tertiary/aromatic N) is 1. The average Bonchev–Trinajstić information content (AvgIpc) is 2.53. The fraction of sp³-hybridized carbons (Fsp3) is 0.611. The number of ether oxygens (including phenoxy) is 1. The maximum absolute atomic E-state index is 12.0. The van der Waals surface area contributed by atoms with E-state index < -0.39 is 0 Å². The SMILES string of the molecule is CCC[N+](CC)(CCOC(=O)c1ccccc1)C(C)CC. The lowest BCUT2D eigenvalue weighted by molar-refractivity contribution is -0.948. The molecule has 3 heteroatoms. The highest BCUT2D eigenvalue weighted by atomic mass is 16.5. The number of carbonyl (C=O) groups is 1. The van der Waals surface area contributed by atoms with Crippen molar-refractivity contribution >= 4 is 5.97 Å². The monoisotopic (exact) mass is 292 g/mol. The summed E-state index contributed by atoms with van der Waals surface area (Å²) in [6, 6.07) is 9.82. The lowest BCUT2D eigenvalue weighted by Gasteiger charge is -2.42. The van der Waals surface area contributed by atoms with Gasteiger partial charge < -0.3 is 9.22 Å². The van der Waals surface area contributed by atoms with Gasteiger partial charge in [-0.3, -0.25) is 0 Å². The van der Waals surface area contributed by atoms with Crippen LogP contribution < -0.4 is 0 Å². The number of rotatable bonds is 9. The summed E-state index contributed by atoms with van der Waals surface area (Å²) in [5.41, 5.74) is 0.631. The quantitative estimate of drug-likeness (QED) is 0.510. The van der Waals surface area contributed by atoms with Gasteiger partial charge in [-0.15, -0.1) is 0 Å². The van der Waals surface area contributed by atoms with Crippen LogP contribution in [0.5, 0.6) is 0 Å². The van der Waals surface area contributed by atoms with Crippen molar-refractivity contribution in [1.82, 2.24) is 0 Å². The van der Waals surface area contributed by atoms with Gasteiger partial charge in [-0.2, -0.15) is 0 Å². The van der Waals surface area contributed by atoms with Crippen LogP contribution in [-0.4, -0.2) is 42.7 Å². The lowest BCUT2D eigenvalue weighted by Crippen LogP contribution is -2.56. The molecule has 1 rings (SSSR count). The van der Waals surface area contributed by atoms with E-state index in [1.807, 2.05) is 18.2 Å². The summed E-state index contributed by atoms with van der Waals surface area (Å²) >= 11 is 0. The number of hydrogen-bond acceptors (Lipinski definition) is 2. The minimum Gasteiger partial charge on any atom is -0.456 e. The van der Waals surface area contributed by atoms with Crippen LogP contribution in [0.15, 0.2) is 30.3 Å². The molecule has 0 radical (unpaired) electrons. The van der Waals surface area contributed by atoms with Gasteiger partial charge in [0.25, 0.3) is 0 Å². The maximum atomic E-state index is 12.0. The fourth-order valence-corrected chi connectivity index (χ4v) is 2.99. The summed E-state index contributed by atoms with van der Waals surface area (Å²) in [5.74, 6) is -0.217. The van der Waals surface area contributed by atoms with Crippen molar-refractivity contribution in [2.45, 2.75) is 46.6 Å². The zero-order valence-corrected chi connectivity index (χ0v) is 14.0.